The normalized spacial score (nSPS) is 18.7. The zero-order valence-corrected chi connectivity index (χ0v) is 11.3. The van der Waals surface area contributed by atoms with Gasteiger partial charge in [0.25, 0.3) is 5.91 Å². The molecule has 0 saturated carbocycles. The van der Waals surface area contributed by atoms with Gasteiger partial charge in [0.15, 0.2) is 5.69 Å². The molecule has 1 unspecified atom stereocenters. The number of hydrogen-bond donors (Lipinski definition) is 1. The Labute approximate surface area is 112 Å². The van der Waals surface area contributed by atoms with Crippen LogP contribution in [-0.2, 0) is 11.3 Å². The smallest absolute Gasteiger partial charge is 0.276 e. The van der Waals surface area contributed by atoms with E-state index in [4.69, 9.17) is 10.5 Å². The Balaban J connectivity index is 1.97. The van der Waals surface area contributed by atoms with Gasteiger partial charge in [-0.3, -0.25) is 9.48 Å². The van der Waals surface area contributed by atoms with E-state index in [1.165, 1.54) is 0 Å². The Hall–Kier alpha value is -1.47. The topological polar surface area (TPSA) is 86.3 Å². The predicted octanol–water partition coefficient (Wildman–Crippen LogP) is -0.265. The molecular weight excluding hydrogens is 246 g/mol. The second-order valence-corrected chi connectivity index (χ2v) is 4.73. The van der Waals surface area contributed by atoms with E-state index in [1.807, 2.05) is 6.92 Å². The lowest BCUT2D eigenvalue weighted by atomic mass is 10.1. The van der Waals surface area contributed by atoms with Crippen molar-refractivity contribution in [2.75, 3.05) is 32.8 Å². The van der Waals surface area contributed by atoms with Crippen molar-refractivity contribution in [3.8, 4) is 0 Å². The van der Waals surface area contributed by atoms with Crippen molar-refractivity contribution in [1.82, 2.24) is 19.9 Å². The van der Waals surface area contributed by atoms with Crippen molar-refractivity contribution < 1.29 is 9.53 Å². The van der Waals surface area contributed by atoms with Gasteiger partial charge in [0.1, 0.15) is 0 Å². The lowest BCUT2D eigenvalue weighted by Gasteiger charge is -2.22. The fraction of sp³-hybridized carbons (Fsp3) is 0.750. The van der Waals surface area contributed by atoms with Crippen LogP contribution in [0.3, 0.4) is 0 Å². The predicted molar refractivity (Wildman–Crippen MR) is 69.6 cm³/mol. The van der Waals surface area contributed by atoms with Crippen molar-refractivity contribution >= 4 is 5.91 Å². The van der Waals surface area contributed by atoms with Crippen LogP contribution in [0.5, 0.6) is 0 Å². The van der Waals surface area contributed by atoms with Gasteiger partial charge in [-0.1, -0.05) is 5.21 Å². The van der Waals surface area contributed by atoms with Crippen molar-refractivity contribution in [2.45, 2.75) is 19.9 Å². The van der Waals surface area contributed by atoms with Crippen LogP contribution in [0.2, 0.25) is 0 Å². The van der Waals surface area contributed by atoms with Gasteiger partial charge in [-0.05, 0) is 13.3 Å². The van der Waals surface area contributed by atoms with E-state index >= 15 is 0 Å². The third-order valence-electron chi connectivity index (χ3n) is 3.29. The lowest BCUT2D eigenvalue weighted by molar-refractivity contribution is 0.0725. The van der Waals surface area contributed by atoms with Crippen LogP contribution in [0.15, 0.2) is 6.20 Å². The molecule has 1 aromatic rings. The van der Waals surface area contributed by atoms with Gasteiger partial charge in [0.05, 0.1) is 19.3 Å². The summed E-state index contributed by atoms with van der Waals surface area (Å²) in [6.07, 6.45) is 2.67. The number of ether oxygens (including phenoxy) is 1. The maximum absolute atomic E-state index is 12.3. The molecule has 19 heavy (non-hydrogen) atoms. The summed E-state index contributed by atoms with van der Waals surface area (Å²) in [6, 6.07) is 0. The van der Waals surface area contributed by atoms with Crippen LogP contribution in [0.4, 0.5) is 0 Å². The fourth-order valence-electron chi connectivity index (χ4n) is 2.19. The number of nitrogens with zero attached hydrogens (tertiary/aromatic N) is 4. The number of rotatable bonds is 6. The molecule has 1 aliphatic rings. The monoisotopic (exact) mass is 267 g/mol. The summed E-state index contributed by atoms with van der Waals surface area (Å²) < 4.78 is 6.94. The van der Waals surface area contributed by atoms with E-state index in [0.29, 0.717) is 31.2 Å². The Bertz CT molecular complexity index is 414. The number of carbonyl (C=O) groups excluding carboxylic acids is 1. The molecule has 1 aliphatic heterocycles. The minimum Gasteiger partial charge on any atom is -0.381 e. The molecule has 0 bridgehead atoms. The minimum atomic E-state index is -0.0716. The first-order valence-corrected chi connectivity index (χ1v) is 6.71. The second-order valence-electron chi connectivity index (χ2n) is 4.73. The van der Waals surface area contributed by atoms with Crippen LogP contribution >= 0.6 is 0 Å². The van der Waals surface area contributed by atoms with Gasteiger partial charge in [0, 0.05) is 32.2 Å². The molecule has 7 nitrogen and oxygen atoms in total. The van der Waals surface area contributed by atoms with E-state index in [0.717, 1.165) is 26.2 Å². The summed E-state index contributed by atoms with van der Waals surface area (Å²) >= 11 is 0. The summed E-state index contributed by atoms with van der Waals surface area (Å²) in [5.41, 5.74) is 5.83. The third kappa shape index (κ3) is 3.51. The highest BCUT2D eigenvalue weighted by Gasteiger charge is 2.23. The summed E-state index contributed by atoms with van der Waals surface area (Å²) in [5.74, 6) is 0.362. The lowest BCUT2D eigenvalue weighted by Crippen LogP contribution is -2.35. The summed E-state index contributed by atoms with van der Waals surface area (Å²) in [7, 11) is 0. The van der Waals surface area contributed by atoms with Crippen molar-refractivity contribution in [2.24, 2.45) is 11.7 Å². The molecule has 1 fully saturated rings. The molecule has 0 aromatic carbocycles. The van der Waals surface area contributed by atoms with Crippen molar-refractivity contribution in [3.63, 3.8) is 0 Å². The highest BCUT2D eigenvalue weighted by molar-refractivity contribution is 5.91. The Morgan fingerprint density at radius 3 is 3.16 bits per heavy atom. The third-order valence-corrected chi connectivity index (χ3v) is 3.29. The average molecular weight is 267 g/mol. The Morgan fingerprint density at radius 1 is 1.68 bits per heavy atom. The number of aromatic nitrogens is 3. The molecule has 2 N–H and O–H groups in total. The average Bonchev–Trinajstić information content (AvgIpc) is 3.06. The molecule has 0 radical (unpaired) electrons. The van der Waals surface area contributed by atoms with Crippen molar-refractivity contribution in [3.05, 3.63) is 11.9 Å². The zero-order valence-electron chi connectivity index (χ0n) is 11.3. The fourth-order valence-corrected chi connectivity index (χ4v) is 2.19. The summed E-state index contributed by atoms with van der Waals surface area (Å²) in [6.45, 7) is 5.94. The Morgan fingerprint density at radius 2 is 2.53 bits per heavy atom. The Kier molecular flexibility index (Phi) is 4.86. The second kappa shape index (κ2) is 6.63. The van der Waals surface area contributed by atoms with E-state index in [9.17, 15) is 4.79 Å². The van der Waals surface area contributed by atoms with Gasteiger partial charge in [0.2, 0.25) is 0 Å². The van der Waals surface area contributed by atoms with Gasteiger partial charge in [-0.25, -0.2) is 0 Å². The number of carbonyl (C=O) groups is 1. The molecule has 2 rings (SSSR count). The van der Waals surface area contributed by atoms with E-state index < -0.39 is 0 Å². The molecular formula is C12H21N5O2. The maximum Gasteiger partial charge on any atom is 0.276 e. The maximum atomic E-state index is 12.3. The molecule has 1 aromatic heterocycles. The van der Waals surface area contributed by atoms with E-state index in [2.05, 4.69) is 10.3 Å². The van der Waals surface area contributed by atoms with E-state index in [1.54, 1.807) is 15.8 Å². The minimum absolute atomic E-state index is 0.0716. The highest BCUT2D eigenvalue weighted by Crippen LogP contribution is 2.15. The van der Waals surface area contributed by atoms with Gasteiger partial charge in [-0.2, -0.15) is 0 Å². The van der Waals surface area contributed by atoms with Gasteiger partial charge < -0.3 is 15.4 Å². The number of hydrogen-bond acceptors (Lipinski definition) is 5. The molecule has 1 saturated heterocycles. The van der Waals surface area contributed by atoms with Crippen LogP contribution in [-0.4, -0.2) is 58.6 Å². The molecule has 106 valence electrons. The van der Waals surface area contributed by atoms with Gasteiger partial charge >= 0.3 is 0 Å². The first-order valence-electron chi connectivity index (χ1n) is 6.71. The highest BCUT2D eigenvalue weighted by atomic mass is 16.5. The van der Waals surface area contributed by atoms with Crippen LogP contribution in [0.1, 0.15) is 23.8 Å². The van der Waals surface area contributed by atoms with Gasteiger partial charge in [-0.15, -0.1) is 5.10 Å². The van der Waals surface area contributed by atoms with E-state index in [-0.39, 0.29) is 5.91 Å². The molecule has 1 amide bonds. The largest absolute Gasteiger partial charge is 0.381 e. The standard InChI is InChI=1S/C12H21N5O2/c1-2-16(7-10-3-6-19-9-10)12(18)11-8-17(5-4-13)15-14-11/h8,10H,2-7,9,13H2,1H3. The first-order chi connectivity index (χ1) is 9.24. The SMILES string of the molecule is CCN(CC1CCOC1)C(=O)c1cn(CCN)nn1. The summed E-state index contributed by atoms with van der Waals surface area (Å²) in [4.78, 5) is 14.1. The molecule has 1 atom stereocenters. The molecule has 0 aliphatic carbocycles. The zero-order chi connectivity index (χ0) is 13.7. The van der Waals surface area contributed by atoms with Crippen LogP contribution in [0, 0.1) is 5.92 Å². The summed E-state index contributed by atoms with van der Waals surface area (Å²) in [5, 5.41) is 7.80. The van der Waals surface area contributed by atoms with Crippen LogP contribution < -0.4 is 5.73 Å². The molecule has 2 heterocycles. The molecule has 0 spiro atoms. The van der Waals surface area contributed by atoms with Crippen molar-refractivity contribution in [1.29, 1.82) is 0 Å². The molecule has 7 heteroatoms. The number of nitrogens with two attached hydrogens (primary N) is 1. The quantitative estimate of drug-likeness (QED) is 0.767. The van der Waals surface area contributed by atoms with Crippen LogP contribution in [0.25, 0.3) is 0 Å². The first kappa shape index (κ1) is 14.0. The number of amides is 1.